The van der Waals surface area contributed by atoms with Crippen LogP contribution in [0.25, 0.3) is 21.8 Å². The summed E-state index contributed by atoms with van der Waals surface area (Å²) in [6.07, 6.45) is 9.26. The maximum atomic E-state index is 5.71. The first kappa shape index (κ1) is 20.7. The summed E-state index contributed by atoms with van der Waals surface area (Å²) in [5.74, 6) is 0. The molecule has 4 aromatic rings. The number of nitrogens with one attached hydrogen (secondary N) is 2. The van der Waals surface area contributed by atoms with Crippen LogP contribution in [0.3, 0.4) is 0 Å². The van der Waals surface area contributed by atoms with Crippen molar-refractivity contribution in [3.8, 4) is 0 Å². The summed E-state index contributed by atoms with van der Waals surface area (Å²) < 4.78 is 5.71. The van der Waals surface area contributed by atoms with E-state index in [1.54, 1.807) is 0 Å². The first-order chi connectivity index (χ1) is 15.8. The van der Waals surface area contributed by atoms with Crippen LogP contribution in [0.15, 0.2) is 73.1 Å². The van der Waals surface area contributed by atoms with E-state index >= 15 is 0 Å². The van der Waals surface area contributed by atoms with Crippen LogP contribution in [-0.2, 0) is 4.74 Å². The van der Waals surface area contributed by atoms with Crippen molar-refractivity contribution in [3.05, 3.63) is 73.1 Å². The van der Waals surface area contributed by atoms with E-state index in [0.29, 0.717) is 0 Å². The molecule has 32 heavy (non-hydrogen) atoms. The first-order valence-corrected chi connectivity index (χ1v) is 11.6. The fourth-order valence-electron chi connectivity index (χ4n) is 4.75. The Morgan fingerprint density at radius 1 is 0.750 bits per heavy atom. The van der Waals surface area contributed by atoms with E-state index in [0.717, 1.165) is 68.6 Å². The zero-order valence-electron chi connectivity index (χ0n) is 18.4. The van der Waals surface area contributed by atoms with Gasteiger partial charge in [0.2, 0.25) is 0 Å². The average molecular weight is 427 g/mol. The predicted molar refractivity (Wildman–Crippen MR) is 132 cm³/mol. The zero-order valence-corrected chi connectivity index (χ0v) is 18.4. The molecule has 0 bridgehead atoms. The molecule has 0 radical (unpaired) electrons. The Morgan fingerprint density at radius 2 is 1.38 bits per heavy atom. The lowest BCUT2D eigenvalue weighted by Gasteiger charge is -2.39. The number of hydrogen-bond donors (Lipinski definition) is 2. The molecule has 5 rings (SSSR count). The summed E-state index contributed by atoms with van der Waals surface area (Å²) in [4.78, 5) is 8.97. The van der Waals surface area contributed by atoms with Crippen molar-refractivity contribution in [2.45, 2.75) is 37.6 Å². The smallest absolute Gasteiger partial charge is 0.0722 e. The number of para-hydroxylation sites is 2. The number of aromatic nitrogens is 2. The van der Waals surface area contributed by atoms with Crippen molar-refractivity contribution in [2.75, 3.05) is 30.4 Å². The van der Waals surface area contributed by atoms with Crippen molar-refractivity contribution >= 4 is 33.2 Å². The van der Waals surface area contributed by atoms with E-state index < -0.39 is 0 Å². The Balaban J connectivity index is 1.22. The van der Waals surface area contributed by atoms with Crippen LogP contribution in [0, 0.1) is 0 Å². The van der Waals surface area contributed by atoms with Crippen molar-refractivity contribution in [2.24, 2.45) is 0 Å². The van der Waals surface area contributed by atoms with Gasteiger partial charge >= 0.3 is 0 Å². The molecule has 1 aliphatic rings. The zero-order chi connectivity index (χ0) is 21.6. The van der Waals surface area contributed by atoms with E-state index in [2.05, 4.69) is 69.1 Å². The first-order valence-electron chi connectivity index (χ1n) is 11.6. The second-order valence-electron chi connectivity index (χ2n) is 8.65. The van der Waals surface area contributed by atoms with Gasteiger partial charge in [0.15, 0.2) is 0 Å². The lowest BCUT2D eigenvalue weighted by molar-refractivity contribution is 0.0568. The van der Waals surface area contributed by atoms with E-state index in [1.807, 2.05) is 24.5 Å². The van der Waals surface area contributed by atoms with Crippen LogP contribution in [-0.4, -0.2) is 35.3 Å². The minimum absolute atomic E-state index is 0.0751. The Bertz CT molecular complexity index is 1180. The number of nitrogens with zero attached hydrogens (tertiary/aromatic N) is 2. The molecule has 0 amide bonds. The number of pyridine rings is 2. The molecule has 0 atom stereocenters. The van der Waals surface area contributed by atoms with Crippen LogP contribution in [0.1, 0.15) is 32.1 Å². The number of hydrogen-bond acceptors (Lipinski definition) is 5. The highest BCUT2D eigenvalue weighted by molar-refractivity contribution is 5.91. The number of benzene rings is 2. The highest BCUT2D eigenvalue weighted by Gasteiger charge is 2.32. The standard InChI is InChI=1S/C27H30N4O/c1-3-9-23-21(7-1)25(11-17-29-23)28-16-6-5-13-27(14-19-32-20-15-27)31-26-12-18-30-24-10-4-2-8-22(24)26/h1-4,7-12,17-18H,5-6,13-16,19-20H2,(H,28,29)(H,30,31). The molecule has 2 aromatic carbocycles. The van der Waals surface area contributed by atoms with Gasteiger partial charge in [0, 0.05) is 59.8 Å². The van der Waals surface area contributed by atoms with E-state index in [4.69, 9.17) is 4.74 Å². The number of unbranched alkanes of at least 4 members (excludes halogenated alkanes) is 1. The molecule has 1 fully saturated rings. The fourth-order valence-corrected chi connectivity index (χ4v) is 4.75. The Kier molecular flexibility index (Phi) is 6.17. The highest BCUT2D eigenvalue weighted by atomic mass is 16.5. The van der Waals surface area contributed by atoms with Gasteiger partial charge in [0.1, 0.15) is 0 Å². The normalized spacial score (nSPS) is 15.6. The molecule has 0 unspecified atom stereocenters. The van der Waals surface area contributed by atoms with E-state index in [1.165, 1.54) is 16.5 Å². The number of ether oxygens (including phenoxy) is 1. The maximum absolute atomic E-state index is 5.71. The summed E-state index contributed by atoms with van der Waals surface area (Å²) in [5, 5.41) is 9.91. The minimum Gasteiger partial charge on any atom is -0.384 e. The molecule has 1 saturated heterocycles. The fraction of sp³-hybridized carbons (Fsp3) is 0.333. The molecular formula is C27H30N4O. The van der Waals surface area contributed by atoms with Crippen LogP contribution >= 0.6 is 0 Å². The molecule has 0 saturated carbocycles. The van der Waals surface area contributed by atoms with Gasteiger partial charge in [-0.05, 0) is 56.4 Å². The van der Waals surface area contributed by atoms with Gasteiger partial charge in [-0.25, -0.2) is 0 Å². The summed E-state index contributed by atoms with van der Waals surface area (Å²) >= 11 is 0. The molecule has 164 valence electrons. The minimum atomic E-state index is 0.0751. The monoisotopic (exact) mass is 426 g/mol. The molecule has 5 heteroatoms. The van der Waals surface area contributed by atoms with Gasteiger partial charge in [-0.3, -0.25) is 9.97 Å². The van der Waals surface area contributed by atoms with Crippen molar-refractivity contribution in [1.82, 2.24) is 9.97 Å². The number of fused-ring (bicyclic) bond motifs is 2. The predicted octanol–water partition coefficient (Wildman–Crippen LogP) is 6.03. The average Bonchev–Trinajstić information content (AvgIpc) is 2.85. The van der Waals surface area contributed by atoms with Gasteiger partial charge in [-0.2, -0.15) is 0 Å². The molecule has 2 aromatic heterocycles. The van der Waals surface area contributed by atoms with Gasteiger partial charge in [0.25, 0.3) is 0 Å². The van der Waals surface area contributed by atoms with Gasteiger partial charge in [-0.1, -0.05) is 36.4 Å². The largest absolute Gasteiger partial charge is 0.384 e. The van der Waals surface area contributed by atoms with Crippen LogP contribution in [0.5, 0.6) is 0 Å². The summed E-state index contributed by atoms with van der Waals surface area (Å²) in [6.45, 7) is 2.59. The molecule has 1 aliphatic heterocycles. The van der Waals surface area contributed by atoms with Gasteiger partial charge in [-0.15, -0.1) is 0 Å². The molecule has 5 nitrogen and oxygen atoms in total. The topological polar surface area (TPSA) is 59.1 Å². The number of rotatable bonds is 8. The van der Waals surface area contributed by atoms with Crippen molar-refractivity contribution in [1.29, 1.82) is 0 Å². The summed E-state index contributed by atoms with van der Waals surface area (Å²) in [6, 6.07) is 20.8. The third-order valence-corrected chi connectivity index (χ3v) is 6.55. The SMILES string of the molecule is c1ccc2c(NCCCCC3(Nc4ccnc5ccccc45)CCOCC3)ccnc2c1. The highest BCUT2D eigenvalue weighted by Crippen LogP contribution is 2.33. The molecule has 0 aliphatic carbocycles. The maximum Gasteiger partial charge on any atom is 0.0722 e. The third-order valence-electron chi connectivity index (χ3n) is 6.55. The molecule has 3 heterocycles. The summed E-state index contributed by atoms with van der Waals surface area (Å²) in [7, 11) is 0. The number of anilines is 2. The van der Waals surface area contributed by atoms with Crippen LogP contribution in [0.2, 0.25) is 0 Å². The Labute approximate surface area is 189 Å². The van der Waals surface area contributed by atoms with Crippen molar-refractivity contribution < 1.29 is 4.74 Å². The van der Waals surface area contributed by atoms with Gasteiger partial charge in [0.05, 0.1) is 11.0 Å². The Morgan fingerprint density at radius 3 is 2.09 bits per heavy atom. The van der Waals surface area contributed by atoms with Gasteiger partial charge < -0.3 is 15.4 Å². The van der Waals surface area contributed by atoms with E-state index in [-0.39, 0.29) is 5.54 Å². The third kappa shape index (κ3) is 4.53. The molecule has 2 N–H and O–H groups in total. The lowest BCUT2D eigenvalue weighted by atomic mass is 9.84. The second kappa shape index (κ2) is 9.53. The van der Waals surface area contributed by atoms with Crippen molar-refractivity contribution in [3.63, 3.8) is 0 Å². The lowest BCUT2D eigenvalue weighted by Crippen LogP contribution is -2.43. The summed E-state index contributed by atoms with van der Waals surface area (Å²) in [5.41, 5.74) is 4.49. The second-order valence-corrected chi connectivity index (χ2v) is 8.65. The quantitative estimate of drug-likeness (QED) is 0.337. The van der Waals surface area contributed by atoms with Crippen LogP contribution in [0.4, 0.5) is 11.4 Å². The molecular weight excluding hydrogens is 396 g/mol. The Hall–Kier alpha value is -3.18. The molecule has 0 spiro atoms. The van der Waals surface area contributed by atoms with E-state index in [9.17, 15) is 0 Å². The van der Waals surface area contributed by atoms with Crippen LogP contribution < -0.4 is 10.6 Å².